The molecule has 3 aromatic rings. The molecule has 0 radical (unpaired) electrons. The third-order valence-electron chi connectivity index (χ3n) is 3.49. The number of H-pyrrole nitrogens is 1. The molecule has 0 spiro atoms. The zero-order chi connectivity index (χ0) is 16.2. The largest absolute Gasteiger partial charge is 0.507 e. The maximum absolute atomic E-state index is 12.2. The van der Waals surface area contributed by atoms with Crippen molar-refractivity contribution in [3.8, 4) is 11.5 Å². The Morgan fingerprint density at radius 1 is 1.22 bits per heavy atom. The third kappa shape index (κ3) is 3.01. The van der Waals surface area contributed by atoms with Crippen LogP contribution < -0.4 is 4.74 Å². The topological polar surface area (TPSA) is 62.3 Å². The Hall–Kier alpha value is -3.27. The monoisotopic (exact) mass is 305 g/mol. The minimum absolute atomic E-state index is 0.127. The van der Waals surface area contributed by atoms with Crippen LogP contribution in [0.1, 0.15) is 15.9 Å². The Bertz CT molecular complexity index is 906. The number of rotatable bonds is 5. The van der Waals surface area contributed by atoms with E-state index in [9.17, 15) is 9.90 Å². The first-order valence-electron chi connectivity index (χ1n) is 7.08. The molecule has 1 aromatic heterocycles. The first-order chi connectivity index (χ1) is 11.2. The summed E-state index contributed by atoms with van der Waals surface area (Å²) in [5.41, 5.74) is 2.14. The number of ketones is 1. The number of allylic oxidation sites excluding steroid dienone is 1. The highest BCUT2D eigenvalue weighted by atomic mass is 16.5. The van der Waals surface area contributed by atoms with E-state index in [0.717, 1.165) is 16.5 Å². The molecule has 0 saturated carbocycles. The van der Waals surface area contributed by atoms with E-state index in [2.05, 4.69) is 11.6 Å². The Balaban J connectivity index is 1.85. The molecule has 0 aliphatic carbocycles. The predicted octanol–water partition coefficient (Wildman–Crippen LogP) is 4.29. The van der Waals surface area contributed by atoms with Gasteiger partial charge in [-0.1, -0.05) is 24.8 Å². The van der Waals surface area contributed by atoms with Gasteiger partial charge >= 0.3 is 0 Å². The first kappa shape index (κ1) is 14.7. The Morgan fingerprint density at radius 3 is 2.83 bits per heavy atom. The minimum atomic E-state index is -0.280. The molecule has 0 atom stereocenters. The molecule has 4 nitrogen and oxygen atoms in total. The summed E-state index contributed by atoms with van der Waals surface area (Å²) < 4.78 is 5.06. The Labute approximate surface area is 133 Å². The van der Waals surface area contributed by atoms with Crippen molar-refractivity contribution < 1.29 is 14.6 Å². The quantitative estimate of drug-likeness (QED) is 0.420. The molecule has 0 aliphatic rings. The Morgan fingerprint density at radius 2 is 2.04 bits per heavy atom. The summed E-state index contributed by atoms with van der Waals surface area (Å²) in [5.74, 6) is 0.0190. The highest BCUT2D eigenvalue weighted by molar-refractivity contribution is 6.09. The van der Waals surface area contributed by atoms with Gasteiger partial charge in [-0.15, -0.1) is 0 Å². The molecule has 3 rings (SSSR count). The molecule has 0 aliphatic heterocycles. The van der Waals surface area contributed by atoms with Gasteiger partial charge in [0.15, 0.2) is 5.78 Å². The van der Waals surface area contributed by atoms with E-state index >= 15 is 0 Å². The van der Waals surface area contributed by atoms with Gasteiger partial charge in [0.1, 0.15) is 11.5 Å². The number of aromatic hydroxyl groups is 1. The van der Waals surface area contributed by atoms with E-state index < -0.39 is 0 Å². The second kappa shape index (κ2) is 6.23. The number of benzene rings is 2. The van der Waals surface area contributed by atoms with Crippen molar-refractivity contribution in [1.82, 2.24) is 4.98 Å². The van der Waals surface area contributed by atoms with Crippen molar-refractivity contribution in [3.05, 3.63) is 78.7 Å². The number of aromatic nitrogens is 1. The van der Waals surface area contributed by atoms with Crippen LogP contribution in [0.5, 0.6) is 11.5 Å². The van der Waals surface area contributed by atoms with Crippen molar-refractivity contribution in [1.29, 1.82) is 0 Å². The van der Waals surface area contributed by atoms with Crippen molar-refractivity contribution >= 4 is 22.8 Å². The van der Waals surface area contributed by atoms with E-state index in [0.29, 0.717) is 5.75 Å². The average Bonchev–Trinajstić information content (AvgIpc) is 2.96. The maximum Gasteiger partial charge on any atom is 0.189 e. The first-order valence-corrected chi connectivity index (χ1v) is 7.08. The molecule has 0 unspecified atom stereocenters. The van der Waals surface area contributed by atoms with Crippen LogP contribution >= 0.6 is 0 Å². The van der Waals surface area contributed by atoms with Crippen LogP contribution in [-0.4, -0.2) is 15.9 Å². The minimum Gasteiger partial charge on any atom is -0.507 e. The van der Waals surface area contributed by atoms with Gasteiger partial charge in [-0.25, -0.2) is 0 Å². The average molecular weight is 305 g/mol. The maximum atomic E-state index is 12.2. The Kier molecular flexibility index (Phi) is 3.97. The lowest BCUT2D eigenvalue weighted by Gasteiger charge is -2.04. The number of fused-ring (bicyclic) bond motifs is 1. The van der Waals surface area contributed by atoms with Gasteiger partial charge < -0.3 is 14.8 Å². The van der Waals surface area contributed by atoms with E-state index in [1.807, 2.05) is 30.5 Å². The number of nitrogens with one attached hydrogen (secondary N) is 1. The van der Waals surface area contributed by atoms with Gasteiger partial charge in [-0.2, -0.15) is 0 Å². The van der Waals surface area contributed by atoms with E-state index in [1.54, 1.807) is 12.1 Å². The standard InChI is InChI=1S/C19H15NO3/c1-2-23-14-8-9-16(19(22)11-14)18(21)10-7-13-12-20-17-6-4-3-5-15(13)17/h2-12,20,22H,1H2/b10-7+. The SMILES string of the molecule is C=COc1ccc(C(=O)/C=C/c2c[nH]c3ccccc23)c(O)c1. The van der Waals surface area contributed by atoms with Crippen LogP contribution in [0.3, 0.4) is 0 Å². The molecule has 2 N–H and O–H groups in total. The lowest BCUT2D eigenvalue weighted by Crippen LogP contribution is -1.95. The zero-order valence-electron chi connectivity index (χ0n) is 12.3. The van der Waals surface area contributed by atoms with Crippen LogP contribution in [0, 0.1) is 0 Å². The van der Waals surface area contributed by atoms with Gasteiger partial charge in [0.25, 0.3) is 0 Å². The number of ether oxygens (including phenoxy) is 1. The fourth-order valence-electron chi connectivity index (χ4n) is 2.38. The summed E-state index contributed by atoms with van der Waals surface area (Å²) in [7, 11) is 0. The molecule has 0 amide bonds. The normalized spacial score (nSPS) is 11.0. The number of carbonyl (C=O) groups excluding carboxylic acids is 1. The lowest BCUT2D eigenvalue weighted by atomic mass is 10.1. The number of phenolic OH excluding ortho intramolecular Hbond substituents is 1. The predicted molar refractivity (Wildman–Crippen MR) is 90.6 cm³/mol. The number of aromatic amines is 1. The highest BCUT2D eigenvalue weighted by Gasteiger charge is 2.09. The second-order valence-electron chi connectivity index (χ2n) is 4.95. The summed E-state index contributed by atoms with van der Waals surface area (Å²) in [6.07, 6.45) is 6.27. The van der Waals surface area contributed by atoms with Crippen molar-refractivity contribution in [2.75, 3.05) is 0 Å². The van der Waals surface area contributed by atoms with Crippen LogP contribution in [-0.2, 0) is 0 Å². The molecule has 0 fully saturated rings. The number of phenols is 1. The van der Waals surface area contributed by atoms with Gasteiger partial charge in [-0.3, -0.25) is 4.79 Å². The van der Waals surface area contributed by atoms with Gasteiger partial charge in [0.2, 0.25) is 0 Å². The summed E-state index contributed by atoms with van der Waals surface area (Å²) in [4.78, 5) is 15.4. The lowest BCUT2D eigenvalue weighted by molar-refractivity contribution is 0.104. The fourth-order valence-corrected chi connectivity index (χ4v) is 2.38. The van der Waals surface area contributed by atoms with E-state index in [-0.39, 0.29) is 17.1 Å². The van der Waals surface area contributed by atoms with Crippen LogP contribution in [0.4, 0.5) is 0 Å². The zero-order valence-corrected chi connectivity index (χ0v) is 12.3. The molecule has 0 bridgehead atoms. The highest BCUT2D eigenvalue weighted by Crippen LogP contribution is 2.25. The summed E-state index contributed by atoms with van der Waals surface area (Å²) in [6.45, 7) is 3.44. The van der Waals surface area contributed by atoms with E-state index in [4.69, 9.17) is 4.74 Å². The smallest absolute Gasteiger partial charge is 0.189 e. The van der Waals surface area contributed by atoms with Crippen molar-refractivity contribution in [3.63, 3.8) is 0 Å². The summed E-state index contributed by atoms with van der Waals surface area (Å²) >= 11 is 0. The van der Waals surface area contributed by atoms with Crippen LogP contribution in [0.15, 0.2) is 67.6 Å². The second-order valence-corrected chi connectivity index (χ2v) is 4.95. The summed E-state index contributed by atoms with van der Waals surface area (Å²) in [5, 5.41) is 11.0. The summed E-state index contributed by atoms with van der Waals surface area (Å²) in [6, 6.07) is 12.4. The van der Waals surface area contributed by atoms with Crippen molar-refractivity contribution in [2.24, 2.45) is 0 Å². The van der Waals surface area contributed by atoms with Crippen LogP contribution in [0.2, 0.25) is 0 Å². The van der Waals surface area contributed by atoms with Gasteiger partial charge in [0.05, 0.1) is 11.8 Å². The van der Waals surface area contributed by atoms with E-state index in [1.165, 1.54) is 24.5 Å². The molecule has 2 aromatic carbocycles. The third-order valence-corrected chi connectivity index (χ3v) is 3.49. The van der Waals surface area contributed by atoms with Gasteiger partial charge in [-0.05, 0) is 35.9 Å². The van der Waals surface area contributed by atoms with Crippen molar-refractivity contribution in [2.45, 2.75) is 0 Å². The molecular weight excluding hydrogens is 290 g/mol. The molecule has 114 valence electrons. The number of para-hydroxylation sites is 1. The number of hydrogen-bond acceptors (Lipinski definition) is 3. The fraction of sp³-hybridized carbons (Fsp3) is 0. The molecular formula is C19H15NO3. The molecule has 1 heterocycles. The molecule has 4 heteroatoms. The van der Waals surface area contributed by atoms with Gasteiger partial charge in [0, 0.05) is 23.2 Å². The molecule has 0 saturated heterocycles. The molecule has 23 heavy (non-hydrogen) atoms. The van der Waals surface area contributed by atoms with Crippen LogP contribution in [0.25, 0.3) is 17.0 Å². The number of hydrogen-bond donors (Lipinski definition) is 2. The number of carbonyl (C=O) groups is 1.